The van der Waals surface area contributed by atoms with E-state index < -0.39 is 6.10 Å². The van der Waals surface area contributed by atoms with Crippen LogP contribution in [0, 0.1) is 5.92 Å². The second-order valence-electron chi connectivity index (χ2n) is 4.79. The fraction of sp³-hybridized carbons (Fsp3) is 0.500. The predicted molar refractivity (Wildman–Crippen MR) is 77.3 cm³/mol. The summed E-state index contributed by atoms with van der Waals surface area (Å²) in [5.74, 6) is 0.218. The van der Waals surface area contributed by atoms with E-state index in [1.165, 1.54) is 5.56 Å². The van der Waals surface area contributed by atoms with E-state index >= 15 is 0 Å². The van der Waals surface area contributed by atoms with Crippen LogP contribution in [0.15, 0.2) is 24.3 Å². The summed E-state index contributed by atoms with van der Waals surface area (Å²) in [5.41, 5.74) is 7.72. The molecular weight excluding hydrogens is 264 g/mol. The highest BCUT2D eigenvalue weighted by molar-refractivity contribution is 5.85. The van der Waals surface area contributed by atoms with Gasteiger partial charge in [0.15, 0.2) is 6.10 Å². The lowest BCUT2D eigenvalue weighted by atomic mass is 9.97. The third kappa shape index (κ3) is 3.93. The lowest BCUT2D eigenvalue weighted by Crippen LogP contribution is -2.37. The number of amides is 1. The number of hydrogen-bond acceptors (Lipinski definition) is 3. The zero-order chi connectivity index (χ0) is 13.0. The minimum absolute atomic E-state index is 0. The van der Waals surface area contributed by atoms with E-state index in [0.717, 1.165) is 12.0 Å². The lowest BCUT2D eigenvalue weighted by Gasteiger charge is -2.25. The van der Waals surface area contributed by atoms with Gasteiger partial charge in [-0.05, 0) is 30.0 Å². The molecule has 1 aliphatic heterocycles. The average molecular weight is 285 g/mol. The van der Waals surface area contributed by atoms with Crippen molar-refractivity contribution < 1.29 is 9.53 Å². The predicted octanol–water partition coefficient (Wildman–Crippen LogP) is 1.43. The van der Waals surface area contributed by atoms with Crippen LogP contribution < -0.4 is 11.1 Å². The first kappa shape index (κ1) is 16.0. The molecule has 106 valence electrons. The summed E-state index contributed by atoms with van der Waals surface area (Å²) in [6, 6.07) is 7.96. The fourth-order valence-electron chi connectivity index (χ4n) is 2.06. The summed E-state index contributed by atoms with van der Waals surface area (Å²) in [7, 11) is 0. The van der Waals surface area contributed by atoms with E-state index in [-0.39, 0.29) is 24.2 Å². The van der Waals surface area contributed by atoms with Crippen LogP contribution in [-0.2, 0) is 16.0 Å². The van der Waals surface area contributed by atoms with Crippen molar-refractivity contribution in [1.29, 1.82) is 0 Å². The Morgan fingerprint density at radius 1 is 1.53 bits per heavy atom. The summed E-state index contributed by atoms with van der Waals surface area (Å²) < 4.78 is 5.59. The van der Waals surface area contributed by atoms with Gasteiger partial charge in [0.25, 0.3) is 5.91 Å². The molecule has 0 aliphatic carbocycles. The van der Waals surface area contributed by atoms with Gasteiger partial charge >= 0.3 is 0 Å². The van der Waals surface area contributed by atoms with Gasteiger partial charge in [0, 0.05) is 6.54 Å². The number of fused-ring (bicyclic) bond motifs is 1. The summed E-state index contributed by atoms with van der Waals surface area (Å²) in [4.78, 5) is 12.1. The molecule has 4 nitrogen and oxygen atoms in total. The first-order valence-electron chi connectivity index (χ1n) is 6.39. The molecular formula is C14H21ClN2O2. The Hall–Kier alpha value is -1.10. The smallest absolute Gasteiger partial charge is 0.253 e. The number of carbonyl (C=O) groups excluding carboxylic acids is 1. The van der Waals surface area contributed by atoms with Crippen LogP contribution in [0.3, 0.4) is 0 Å². The Kier molecular flexibility index (Phi) is 6.28. The van der Waals surface area contributed by atoms with Crippen molar-refractivity contribution in [2.45, 2.75) is 19.4 Å². The maximum absolute atomic E-state index is 12.1. The van der Waals surface area contributed by atoms with E-state index in [1.807, 2.05) is 25.1 Å². The molecule has 2 atom stereocenters. The molecule has 0 radical (unpaired) electrons. The van der Waals surface area contributed by atoms with Crippen LogP contribution in [0.2, 0.25) is 0 Å². The van der Waals surface area contributed by atoms with Gasteiger partial charge < -0.3 is 15.8 Å². The van der Waals surface area contributed by atoms with Crippen LogP contribution in [0.4, 0.5) is 0 Å². The van der Waals surface area contributed by atoms with Gasteiger partial charge in [0.1, 0.15) is 0 Å². The topological polar surface area (TPSA) is 64.3 Å². The Morgan fingerprint density at radius 3 is 3.00 bits per heavy atom. The minimum atomic E-state index is -0.472. The second kappa shape index (κ2) is 7.48. The summed E-state index contributed by atoms with van der Waals surface area (Å²) in [6.07, 6.45) is 0.402. The minimum Gasteiger partial charge on any atom is -0.363 e. The lowest BCUT2D eigenvalue weighted by molar-refractivity contribution is -0.134. The van der Waals surface area contributed by atoms with Crippen molar-refractivity contribution in [2.24, 2.45) is 11.7 Å². The van der Waals surface area contributed by atoms with Gasteiger partial charge in [-0.2, -0.15) is 0 Å². The van der Waals surface area contributed by atoms with E-state index in [2.05, 4.69) is 11.4 Å². The molecule has 1 aromatic carbocycles. The number of nitrogens with two attached hydrogens (primary N) is 1. The van der Waals surface area contributed by atoms with Crippen LogP contribution in [0.25, 0.3) is 0 Å². The van der Waals surface area contributed by atoms with Crippen LogP contribution in [0.5, 0.6) is 0 Å². The van der Waals surface area contributed by atoms with E-state index in [9.17, 15) is 4.79 Å². The Labute approximate surface area is 120 Å². The molecule has 1 aromatic rings. The molecule has 2 unspecified atom stereocenters. The number of hydrogen-bond donors (Lipinski definition) is 2. The Bertz CT molecular complexity index is 426. The number of ether oxygens (including phenoxy) is 1. The van der Waals surface area contributed by atoms with E-state index in [4.69, 9.17) is 10.5 Å². The quantitative estimate of drug-likeness (QED) is 0.879. The maximum Gasteiger partial charge on any atom is 0.253 e. The molecule has 0 bridgehead atoms. The molecule has 0 saturated carbocycles. The number of carbonyl (C=O) groups is 1. The highest BCUT2D eigenvalue weighted by Crippen LogP contribution is 2.26. The third-order valence-corrected chi connectivity index (χ3v) is 3.26. The van der Waals surface area contributed by atoms with Crippen molar-refractivity contribution >= 4 is 18.3 Å². The maximum atomic E-state index is 12.1. The molecule has 2 rings (SSSR count). The molecule has 1 aliphatic rings. The van der Waals surface area contributed by atoms with Crippen LogP contribution in [0.1, 0.15) is 24.2 Å². The molecule has 1 heterocycles. The van der Waals surface area contributed by atoms with Crippen molar-refractivity contribution in [1.82, 2.24) is 5.32 Å². The van der Waals surface area contributed by atoms with Gasteiger partial charge in [-0.25, -0.2) is 0 Å². The van der Waals surface area contributed by atoms with E-state index in [0.29, 0.717) is 19.7 Å². The van der Waals surface area contributed by atoms with Crippen LogP contribution >= 0.6 is 12.4 Å². The van der Waals surface area contributed by atoms with Gasteiger partial charge in [0.05, 0.1) is 6.61 Å². The number of rotatable bonds is 4. The monoisotopic (exact) mass is 284 g/mol. The molecule has 1 amide bonds. The van der Waals surface area contributed by atoms with Crippen molar-refractivity contribution in [2.75, 3.05) is 19.7 Å². The van der Waals surface area contributed by atoms with Gasteiger partial charge in [-0.15, -0.1) is 12.4 Å². The highest BCUT2D eigenvalue weighted by Gasteiger charge is 2.26. The number of halogens is 1. The Morgan fingerprint density at radius 2 is 2.26 bits per heavy atom. The first-order valence-corrected chi connectivity index (χ1v) is 6.39. The molecule has 19 heavy (non-hydrogen) atoms. The number of nitrogens with one attached hydrogen (secondary N) is 1. The van der Waals surface area contributed by atoms with Crippen molar-refractivity contribution in [3.63, 3.8) is 0 Å². The van der Waals surface area contributed by atoms with E-state index in [1.54, 1.807) is 0 Å². The zero-order valence-corrected chi connectivity index (χ0v) is 11.9. The largest absolute Gasteiger partial charge is 0.363 e. The summed E-state index contributed by atoms with van der Waals surface area (Å²) >= 11 is 0. The fourth-order valence-corrected chi connectivity index (χ4v) is 2.06. The van der Waals surface area contributed by atoms with Gasteiger partial charge in [-0.3, -0.25) is 4.79 Å². The van der Waals surface area contributed by atoms with Crippen molar-refractivity contribution in [3.05, 3.63) is 35.4 Å². The SMILES string of the molecule is CC(CN)CNC(=O)C1OCCc2ccccc21.Cl. The molecule has 0 aromatic heterocycles. The highest BCUT2D eigenvalue weighted by atomic mass is 35.5. The molecule has 5 heteroatoms. The van der Waals surface area contributed by atoms with Gasteiger partial charge in [-0.1, -0.05) is 31.2 Å². The molecule has 0 saturated heterocycles. The first-order chi connectivity index (χ1) is 8.72. The van der Waals surface area contributed by atoms with Crippen molar-refractivity contribution in [3.8, 4) is 0 Å². The van der Waals surface area contributed by atoms with Gasteiger partial charge in [0.2, 0.25) is 0 Å². The standard InChI is InChI=1S/C14H20N2O2.ClH/c1-10(8-15)9-16-14(17)13-12-5-3-2-4-11(12)6-7-18-13;/h2-5,10,13H,6-9,15H2,1H3,(H,16,17);1H. The molecule has 0 fully saturated rings. The second-order valence-corrected chi connectivity index (χ2v) is 4.79. The van der Waals surface area contributed by atoms with Crippen LogP contribution in [-0.4, -0.2) is 25.6 Å². The zero-order valence-electron chi connectivity index (χ0n) is 11.1. The summed E-state index contributed by atoms with van der Waals surface area (Å²) in [6.45, 7) is 3.78. The third-order valence-electron chi connectivity index (χ3n) is 3.26. The summed E-state index contributed by atoms with van der Waals surface area (Å²) in [5, 5.41) is 2.90. The normalized spacial score (nSPS) is 18.9. The average Bonchev–Trinajstić information content (AvgIpc) is 2.43. The Balaban J connectivity index is 0.00000180. The molecule has 0 spiro atoms. The number of benzene rings is 1. The molecule has 3 N–H and O–H groups in total.